The summed E-state index contributed by atoms with van der Waals surface area (Å²) in [5.74, 6) is 0.278. The van der Waals surface area contributed by atoms with Gasteiger partial charge in [-0.2, -0.15) is 5.10 Å². The number of carbonyl (C=O) groups excluding carboxylic acids is 1. The molecule has 2 aliphatic rings. The number of H-pyrrole nitrogens is 1. The normalized spacial score (nSPS) is 25.7. The molecular weight excluding hydrogens is 294 g/mol. The molecule has 2 atom stereocenters. The lowest BCUT2D eigenvalue weighted by atomic mass is 9.91. The van der Waals surface area contributed by atoms with E-state index in [4.69, 9.17) is 4.74 Å². The van der Waals surface area contributed by atoms with Crippen molar-refractivity contribution in [2.24, 2.45) is 5.92 Å². The number of nitrogens with one attached hydrogen (secondary N) is 1. The number of aromatic nitrogens is 3. The van der Waals surface area contributed by atoms with Gasteiger partial charge in [-0.05, 0) is 32.1 Å². The minimum Gasteiger partial charge on any atom is -0.465 e. The van der Waals surface area contributed by atoms with Crippen LogP contribution in [-0.4, -0.2) is 47.7 Å². The summed E-state index contributed by atoms with van der Waals surface area (Å²) in [4.78, 5) is 16.6. The Bertz CT molecular complexity index is 636. The number of nitrogens with zero attached hydrogens (tertiary/aromatic N) is 2. The molecule has 21 heavy (non-hydrogen) atoms. The average molecular weight is 313 g/mol. The SMILES string of the molecule is CCOC(=O)C(c1n[nH]c(C2CC2)n1)C1CCS(=O)(=O)C1. The molecule has 0 amide bonds. The number of hydrogen-bond donors (Lipinski definition) is 1. The van der Waals surface area contributed by atoms with Crippen LogP contribution in [0.1, 0.15) is 49.7 Å². The summed E-state index contributed by atoms with van der Waals surface area (Å²) in [5, 5.41) is 7.01. The molecule has 2 fully saturated rings. The van der Waals surface area contributed by atoms with Gasteiger partial charge in [-0.15, -0.1) is 0 Å². The van der Waals surface area contributed by atoms with E-state index in [1.165, 1.54) is 0 Å². The molecule has 2 heterocycles. The van der Waals surface area contributed by atoms with E-state index in [0.29, 0.717) is 18.2 Å². The highest BCUT2D eigenvalue weighted by molar-refractivity contribution is 7.91. The van der Waals surface area contributed by atoms with Crippen LogP contribution in [0, 0.1) is 5.92 Å². The zero-order valence-corrected chi connectivity index (χ0v) is 12.7. The molecule has 1 aliphatic heterocycles. The van der Waals surface area contributed by atoms with Crippen molar-refractivity contribution in [2.45, 2.75) is 38.0 Å². The molecule has 3 rings (SSSR count). The van der Waals surface area contributed by atoms with Crippen LogP contribution in [-0.2, 0) is 19.4 Å². The van der Waals surface area contributed by atoms with E-state index in [-0.39, 0.29) is 24.0 Å². The highest BCUT2D eigenvalue weighted by Gasteiger charge is 2.41. The first-order valence-corrected chi connectivity index (χ1v) is 9.11. The van der Waals surface area contributed by atoms with Crippen molar-refractivity contribution >= 4 is 15.8 Å². The Hall–Kier alpha value is -1.44. The third-order valence-electron chi connectivity index (χ3n) is 4.04. The van der Waals surface area contributed by atoms with Gasteiger partial charge in [0.15, 0.2) is 15.7 Å². The van der Waals surface area contributed by atoms with Gasteiger partial charge in [-0.25, -0.2) is 13.4 Å². The maximum atomic E-state index is 12.2. The number of aromatic amines is 1. The van der Waals surface area contributed by atoms with Crippen LogP contribution in [0.25, 0.3) is 0 Å². The van der Waals surface area contributed by atoms with Gasteiger partial charge in [0.2, 0.25) is 0 Å². The number of hydrogen-bond acceptors (Lipinski definition) is 6. The van der Waals surface area contributed by atoms with Gasteiger partial charge in [0, 0.05) is 5.92 Å². The topological polar surface area (TPSA) is 102 Å². The molecule has 1 aromatic rings. The fourth-order valence-corrected chi connectivity index (χ4v) is 4.63. The number of carbonyl (C=O) groups is 1. The van der Waals surface area contributed by atoms with Crippen LogP contribution in [0.3, 0.4) is 0 Å². The Morgan fingerprint density at radius 2 is 2.19 bits per heavy atom. The van der Waals surface area contributed by atoms with E-state index in [9.17, 15) is 13.2 Å². The van der Waals surface area contributed by atoms with Crippen molar-refractivity contribution in [1.82, 2.24) is 15.2 Å². The van der Waals surface area contributed by atoms with Crippen molar-refractivity contribution in [3.63, 3.8) is 0 Å². The molecule has 8 heteroatoms. The summed E-state index contributed by atoms with van der Waals surface area (Å²) in [5.41, 5.74) is 0. The molecule has 1 saturated heterocycles. The Morgan fingerprint density at radius 1 is 1.43 bits per heavy atom. The van der Waals surface area contributed by atoms with Crippen molar-refractivity contribution in [3.8, 4) is 0 Å². The summed E-state index contributed by atoms with van der Waals surface area (Å²) < 4.78 is 28.5. The predicted octanol–water partition coefficient (Wildman–Crippen LogP) is 0.764. The molecular formula is C13H19N3O4S. The standard InChI is InChI=1S/C13H19N3O4S/c1-2-20-13(17)10(9-5-6-21(18,19)7-9)12-14-11(15-16-12)8-3-4-8/h8-10H,2-7H2,1H3,(H,14,15,16). The van der Waals surface area contributed by atoms with Crippen molar-refractivity contribution in [1.29, 1.82) is 0 Å². The Morgan fingerprint density at radius 3 is 2.76 bits per heavy atom. The molecule has 1 aliphatic carbocycles. The van der Waals surface area contributed by atoms with Crippen LogP contribution < -0.4 is 0 Å². The maximum absolute atomic E-state index is 12.2. The zero-order chi connectivity index (χ0) is 15.0. The molecule has 1 saturated carbocycles. The zero-order valence-electron chi connectivity index (χ0n) is 11.9. The van der Waals surface area contributed by atoms with Crippen LogP contribution in [0.2, 0.25) is 0 Å². The Labute approximate surface area is 123 Å². The van der Waals surface area contributed by atoms with E-state index in [2.05, 4.69) is 15.2 Å². The quantitative estimate of drug-likeness (QED) is 0.805. The third kappa shape index (κ3) is 3.09. The highest BCUT2D eigenvalue weighted by atomic mass is 32.2. The monoisotopic (exact) mass is 313 g/mol. The smallest absolute Gasteiger partial charge is 0.317 e. The van der Waals surface area contributed by atoms with Crippen LogP contribution in [0.4, 0.5) is 0 Å². The Kier molecular flexibility index (Phi) is 3.73. The molecule has 1 N–H and O–H groups in total. The summed E-state index contributed by atoms with van der Waals surface area (Å²) in [6, 6.07) is 0. The first-order chi connectivity index (χ1) is 10.00. The largest absolute Gasteiger partial charge is 0.465 e. The van der Waals surface area contributed by atoms with E-state index >= 15 is 0 Å². The van der Waals surface area contributed by atoms with Crippen molar-refractivity contribution < 1.29 is 17.9 Å². The van der Waals surface area contributed by atoms with E-state index in [0.717, 1.165) is 18.7 Å². The number of esters is 1. The highest BCUT2D eigenvalue weighted by Crippen LogP contribution is 2.39. The lowest BCUT2D eigenvalue weighted by molar-refractivity contribution is -0.146. The fraction of sp³-hybridized carbons (Fsp3) is 0.769. The molecule has 7 nitrogen and oxygen atoms in total. The molecule has 2 unspecified atom stereocenters. The number of ether oxygens (including phenoxy) is 1. The van der Waals surface area contributed by atoms with E-state index < -0.39 is 21.7 Å². The minimum absolute atomic E-state index is 0.00375. The van der Waals surface area contributed by atoms with Crippen LogP contribution in [0.15, 0.2) is 0 Å². The van der Waals surface area contributed by atoms with Gasteiger partial charge in [-0.3, -0.25) is 9.89 Å². The second kappa shape index (κ2) is 5.40. The molecule has 0 spiro atoms. The van der Waals surface area contributed by atoms with Crippen molar-refractivity contribution in [3.05, 3.63) is 11.6 Å². The Balaban J connectivity index is 1.85. The van der Waals surface area contributed by atoms with Gasteiger partial charge in [0.1, 0.15) is 11.7 Å². The average Bonchev–Trinajstić information content (AvgIpc) is 3.06. The van der Waals surface area contributed by atoms with E-state index in [1.54, 1.807) is 6.92 Å². The predicted molar refractivity (Wildman–Crippen MR) is 74.5 cm³/mol. The summed E-state index contributed by atoms with van der Waals surface area (Å²) in [7, 11) is -3.07. The molecule has 116 valence electrons. The van der Waals surface area contributed by atoms with Gasteiger partial charge in [0.05, 0.1) is 18.1 Å². The van der Waals surface area contributed by atoms with Crippen LogP contribution >= 0.6 is 0 Å². The molecule has 0 radical (unpaired) electrons. The van der Waals surface area contributed by atoms with Gasteiger partial charge in [0.25, 0.3) is 0 Å². The minimum atomic E-state index is -3.07. The molecule has 1 aromatic heterocycles. The van der Waals surface area contributed by atoms with Gasteiger partial charge < -0.3 is 4.74 Å². The number of rotatable bonds is 5. The van der Waals surface area contributed by atoms with E-state index in [1.807, 2.05) is 0 Å². The second-order valence-electron chi connectivity index (χ2n) is 5.75. The summed E-state index contributed by atoms with van der Waals surface area (Å²) in [6.45, 7) is 1.99. The molecule has 0 bridgehead atoms. The van der Waals surface area contributed by atoms with Crippen molar-refractivity contribution in [2.75, 3.05) is 18.1 Å². The third-order valence-corrected chi connectivity index (χ3v) is 5.84. The van der Waals surface area contributed by atoms with Gasteiger partial charge >= 0.3 is 5.97 Å². The molecule has 0 aromatic carbocycles. The summed E-state index contributed by atoms with van der Waals surface area (Å²) in [6.07, 6.45) is 2.62. The fourth-order valence-electron chi connectivity index (χ4n) is 2.79. The lowest BCUT2D eigenvalue weighted by Gasteiger charge is -2.17. The summed E-state index contributed by atoms with van der Waals surface area (Å²) >= 11 is 0. The van der Waals surface area contributed by atoms with Gasteiger partial charge in [-0.1, -0.05) is 0 Å². The lowest BCUT2D eigenvalue weighted by Crippen LogP contribution is -2.26. The first-order valence-electron chi connectivity index (χ1n) is 7.29. The second-order valence-corrected chi connectivity index (χ2v) is 7.97. The van der Waals surface area contributed by atoms with Crippen LogP contribution in [0.5, 0.6) is 0 Å². The maximum Gasteiger partial charge on any atom is 0.317 e. The first kappa shape index (κ1) is 14.5. The number of sulfone groups is 1.